The van der Waals surface area contributed by atoms with E-state index in [4.69, 9.17) is 39.7 Å². The first-order valence-corrected chi connectivity index (χ1v) is 12.5. The summed E-state index contributed by atoms with van der Waals surface area (Å²) in [6, 6.07) is 0. The molecule has 3 heterocycles. The Morgan fingerprint density at radius 2 is 0.853 bits per heavy atom. The summed E-state index contributed by atoms with van der Waals surface area (Å²) in [5.41, 5.74) is 0. The smallest absolute Gasteiger partial charge is 0.157 e. The van der Waals surface area contributed by atoms with Crippen molar-refractivity contribution in [2.24, 2.45) is 11.8 Å². The molecule has 3 rings (SSSR count). The predicted molar refractivity (Wildman–Crippen MR) is 125 cm³/mol. The molecule has 7 N–H and O–H groups in total. The second-order valence-corrected chi connectivity index (χ2v) is 10.2. The molecule has 3 fully saturated rings. The first kappa shape index (κ1) is 31.6. The highest BCUT2D eigenvalue weighted by molar-refractivity contribution is 4.79. The summed E-state index contributed by atoms with van der Waals surface area (Å²) >= 11 is 0. The van der Waals surface area contributed by atoms with Crippen molar-refractivity contribution in [3.8, 4) is 0 Å². The highest BCUT2D eigenvalue weighted by atomic mass is 16.6. The minimum absolute atomic E-state index is 0.0142. The van der Waals surface area contributed by atoms with Crippen LogP contribution in [-0.4, -0.2) is 111 Å². The molecule has 10 nitrogen and oxygen atoms in total. The third kappa shape index (κ3) is 12.0. The van der Waals surface area contributed by atoms with E-state index in [0.29, 0.717) is 43.9 Å². The topological polar surface area (TPSA) is 169 Å². The van der Waals surface area contributed by atoms with E-state index >= 15 is 0 Å². The van der Waals surface area contributed by atoms with E-state index in [-0.39, 0.29) is 62.9 Å². The van der Waals surface area contributed by atoms with Gasteiger partial charge in [-0.15, -0.1) is 0 Å². The van der Waals surface area contributed by atoms with Gasteiger partial charge in [-0.2, -0.15) is 0 Å². The van der Waals surface area contributed by atoms with Crippen LogP contribution in [0.4, 0.5) is 0 Å². The van der Waals surface area contributed by atoms with Crippen molar-refractivity contribution in [3.05, 3.63) is 0 Å². The first-order valence-electron chi connectivity index (χ1n) is 12.5. The van der Waals surface area contributed by atoms with E-state index in [1.807, 2.05) is 0 Å². The molecule has 0 aromatic rings. The maximum Gasteiger partial charge on any atom is 0.157 e. The summed E-state index contributed by atoms with van der Waals surface area (Å²) in [7, 11) is 0. The molecule has 3 aliphatic heterocycles. The van der Waals surface area contributed by atoms with Gasteiger partial charge in [0.1, 0.15) is 0 Å². The van der Waals surface area contributed by atoms with E-state index < -0.39 is 18.5 Å². The van der Waals surface area contributed by atoms with E-state index in [1.165, 1.54) is 0 Å². The lowest BCUT2D eigenvalue weighted by Gasteiger charge is -2.34. The molecule has 0 aromatic heterocycles. The minimum atomic E-state index is -0.916. The van der Waals surface area contributed by atoms with Gasteiger partial charge in [-0.05, 0) is 24.7 Å². The molecule has 34 heavy (non-hydrogen) atoms. The minimum Gasteiger partial charge on any atom is -0.394 e. The SMILES string of the molecule is CC(C)C1CC(O)CC(CO)O1.CC(C)C1CC(O)CC(CO)O1.OCC1CC(O)CC(O)O1. The third-order valence-electron chi connectivity index (χ3n) is 6.27. The van der Waals surface area contributed by atoms with Crippen molar-refractivity contribution in [2.45, 2.75) is 121 Å². The van der Waals surface area contributed by atoms with E-state index in [0.717, 1.165) is 0 Å². The van der Waals surface area contributed by atoms with Gasteiger partial charge in [0.15, 0.2) is 6.29 Å². The van der Waals surface area contributed by atoms with Crippen molar-refractivity contribution >= 4 is 0 Å². The Kier molecular flexibility index (Phi) is 15.2. The lowest BCUT2D eigenvalue weighted by atomic mass is 9.94. The normalized spacial score (nSPS) is 38.6. The fraction of sp³-hybridized carbons (Fsp3) is 1.00. The zero-order valence-corrected chi connectivity index (χ0v) is 21.1. The van der Waals surface area contributed by atoms with Crippen LogP contribution in [0.1, 0.15) is 66.2 Å². The molecule has 0 aliphatic carbocycles. The summed E-state index contributed by atoms with van der Waals surface area (Å²) in [5.74, 6) is 0.822. The Labute approximate surface area is 203 Å². The molecule has 0 radical (unpaired) electrons. The summed E-state index contributed by atoms with van der Waals surface area (Å²) in [4.78, 5) is 0. The zero-order chi connectivity index (χ0) is 25.8. The van der Waals surface area contributed by atoms with E-state index in [2.05, 4.69) is 27.7 Å². The molecule has 0 bridgehead atoms. The Morgan fingerprint density at radius 1 is 0.529 bits per heavy atom. The van der Waals surface area contributed by atoms with E-state index in [1.54, 1.807) is 0 Å². The number of hydrogen-bond donors (Lipinski definition) is 7. The van der Waals surface area contributed by atoms with Gasteiger partial charge >= 0.3 is 0 Å². The second kappa shape index (κ2) is 16.4. The molecule has 0 saturated carbocycles. The molecule has 204 valence electrons. The number of rotatable bonds is 5. The molecular formula is C24H48O10. The van der Waals surface area contributed by atoms with Crippen LogP contribution >= 0.6 is 0 Å². The number of ether oxygens (including phenoxy) is 3. The van der Waals surface area contributed by atoms with Crippen LogP contribution in [0.3, 0.4) is 0 Å². The molecule has 0 aromatic carbocycles. The zero-order valence-electron chi connectivity index (χ0n) is 21.1. The molecule has 0 spiro atoms. The molecular weight excluding hydrogens is 448 g/mol. The van der Waals surface area contributed by atoms with Crippen LogP contribution in [-0.2, 0) is 14.2 Å². The average Bonchev–Trinajstić information content (AvgIpc) is 2.78. The number of aliphatic hydroxyl groups excluding tert-OH is 7. The Hall–Kier alpha value is -0.400. The molecule has 0 amide bonds. The Bertz CT molecular complexity index is 478. The second-order valence-electron chi connectivity index (χ2n) is 10.2. The summed E-state index contributed by atoms with van der Waals surface area (Å²) < 4.78 is 16.0. The van der Waals surface area contributed by atoms with Gasteiger partial charge in [0, 0.05) is 25.7 Å². The molecule has 9 atom stereocenters. The van der Waals surface area contributed by atoms with Crippen LogP contribution < -0.4 is 0 Å². The van der Waals surface area contributed by atoms with Gasteiger partial charge < -0.3 is 50.0 Å². The van der Waals surface area contributed by atoms with Crippen LogP contribution in [0.15, 0.2) is 0 Å². The maximum atomic E-state index is 9.44. The quantitative estimate of drug-likeness (QED) is 0.273. The highest BCUT2D eigenvalue weighted by Crippen LogP contribution is 2.25. The highest BCUT2D eigenvalue weighted by Gasteiger charge is 2.30. The third-order valence-corrected chi connectivity index (χ3v) is 6.27. The lowest BCUT2D eigenvalue weighted by Crippen LogP contribution is -2.39. The van der Waals surface area contributed by atoms with Crippen molar-refractivity contribution < 1.29 is 50.0 Å². The van der Waals surface area contributed by atoms with E-state index in [9.17, 15) is 10.2 Å². The Morgan fingerprint density at radius 3 is 1.15 bits per heavy atom. The molecule has 3 aliphatic rings. The summed E-state index contributed by atoms with van der Waals surface area (Å²) in [5, 5.41) is 63.1. The number of hydrogen-bond acceptors (Lipinski definition) is 10. The fourth-order valence-electron chi connectivity index (χ4n) is 4.23. The standard InChI is InChI=1S/2C9H18O3.C6H12O4/c2*1-6(2)9-4-7(11)3-8(5-10)12-9;7-3-5-1-4(8)2-6(9)10-5/h2*6-11H,3-5H2,1-2H3;4-9H,1-3H2. The molecule has 10 heteroatoms. The Balaban J connectivity index is 0.000000256. The van der Waals surface area contributed by atoms with Crippen LogP contribution in [0.2, 0.25) is 0 Å². The number of aliphatic hydroxyl groups is 7. The fourth-order valence-corrected chi connectivity index (χ4v) is 4.23. The van der Waals surface area contributed by atoms with Gasteiger partial charge in [-0.1, -0.05) is 27.7 Å². The maximum absolute atomic E-state index is 9.44. The van der Waals surface area contributed by atoms with Crippen LogP contribution in [0.5, 0.6) is 0 Å². The largest absolute Gasteiger partial charge is 0.394 e. The van der Waals surface area contributed by atoms with Gasteiger partial charge in [-0.3, -0.25) is 0 Å². The van der Waals surface area contributed by atoms with Gasteiger partial charge in [0.25, 0.3) is 0 Å². The van der Waals surface area contributed by atoms with Crippen LogP contribution in [0.25, 0.3) is 0 Å². The first-order chi connectivity index (χ1) is 16.0. The van der Waals surface area contributed by atoms with Gasteiger partial charge in [-0.25, -0.2) is 0 Å². The van der Waals surface area contributed by atoms with Crippen LogP contribution in [0, 0.1) is 11.8 Å². The molecule has 3 saturated heterocycles. The molecule has 9 unspecified atom stereocenters. The van der Waals surface area contributed by atoms with Crippen molar-refractivity contribution in [2.75, 3.05) is 19.8 Å². The summed E-state index contributed by atoms with van der Waals surface area (Å²) in [6.45, 7) is 8.15. The monoisotopic (exact) mass is 496 g/mol. The average molecular weight is 497 g/mol. The van der Waals surface area contributed by atoms with Gasteiger partial charge in [0.2, 0.25) is 0 Å². The van der Waals surface area contributed by atoms with Crippen molar-refractivity contribution in [3.63, 3.8) is 0 Å². The predicted octanol–water partition coefficient (Wildman–Crippen LogP) is -0.0766. The summed E-state index contributed by atoms with van der Waals surface area (Å²) in [6.07, 6.45) is 0.609. The van der Waals surface area contributed by atoms with Crippen molar-refractivity contribution in [1.29, 1.82) is 0 Å². The van der Waals surface area contributed by atoms with Gasteiger partial charge in [0.05, 0.1) is 68.7 Å². The van der Waals surface area contributed by atoms with Crippen molar-refractivity contribution in [1.82, 2.24) is 0 Å². The lowest BCUT2D eigenvalue weighted by molar-refractivity contribution is -0.197.